The molecule has 3 heterocycles. The summed E-state index contributed by atoms with van der Waals surface area (Å²) in [7, 11) is 0. The predicted octanol–water partition coefficient (Wildman–Crippen LogP) is 3.21. The lowest BCUT2D eigenvalue weighted by atomic mass is 10.1. The SMILES string of the molecule is CCc1nc(NC(=O)c2ccc(N3CCN[C@H](C)C3)cc2F)cn2cc(C)nc12.Cl. The summed E-state index contributed by atoms with van der Waals surface area (Å²) in [4.78, 5) is 23.7. The fraction of sp³-hybridized carbons (Fsp3) is 0.381. The molecule has 4 rings (SSSR count). The fourth-order valence-corrected chi connectivity index (χ4v) is 3.72. The minimum atomic E-state index is -0.540. The normalized spacial score (nSPS) is 16.4. The zero-order valence-electron chi connectivity index (χ0n) is 17.3. The van der Waals surface area contributed by atoms with Gasteiger partial charge in [-0.1, -0.05) is 6.92 Å². The number of imidazole rings is 1. The van der Waals surface area contributed by atoms with Gasteiger partial charge in [0.1, 0.15) is 11.6 Å². The van der Waals surface area contributed by atoms with Gasteiger partial charge in [0.25, 0.3) is 5.91 Å². The van der Waals surface area contributed by atoms with Gasteiger partial charge in [-0.25, -0.2) is 14.4 Å². The zero-order valence-corrected chi connectivity index (χ0v) is 18.1. The summed E-state index contributed by atoms with van der Waals surface area (Å²) in [5.74, 6) is -0.689. The zero-order chi connectivity index (χ0) is 20.5. The number of carbonyl (C=O) groups is 1. The van der Waals surface area contributed by atoms with Gasteiger partial charge in [0, 0.05) is 37.6 Å². The molecule has 2 aromatic heterocycles. The van der Waals surface area contributed by atoms with Crippen LogP contribution in [0.3, 0.4) is 0 Å². The van der Waals surface area contributed by atoms with E-state index in [0.717, 1.165) is 42.4 Å². The first-order chi connectivity index (χ1) is 13.9. The van der Waals surface area contributed by atoms with E-state index in [1.165, 1.54) is 12.1 Å². The van der Waals surface area contributed by atoms with Crippen LogP contribution in [0, 0.1) is 12.7 Å². The summed E-state index contributed by atoms with van der Waals surface area (Å²) in [5, 5.41) is 6.08. The maximum absolute atomic E-state index is 14.7. The van der Waals surface area contributed by atoms with Gasteiger partial charge in [-0.3, -0.25) is 4.79 Å². The van der Waals surface area contributed by atoms with E-state index in [2.05, 4.69) is 32.4 Å². The molecule has 0 aliphatic carbocycles. The summed E-state index contributed by atoms with van der Waals surface area (Å²) < 4.78 is 16.6. The topological polar surface area (TPSA) is 74.6 Å². The Morgan fingerprint density at radius 3 is 2.83 bits per heavy atom. The van der Waals surface area contributed by atoms with Gasteiger partial charge in [0.05, 0.1) is 23.1 Å². The van der Waals surface area contributed by atoms with E-state index in [1.807, 2.05) is 24.4 Å². The Kier molecular flexibility index (Phi) is 6.58. The Morgan fingerprint density at radius 2 is 2.13 bits per heavy atom. The lowest BCUT2D eigenvalue weighted by molar-refractivity contribution is 0.102. The van der Waals surface area contributed by atoms with Gasteiger partial charge in [-0.15, -0.1) is 12.4 Å². The third-order valence-corrected chi connectivity index (χ3v) is 5.14. The summed E-state index contributed by atoms with van der Waals surface area (Å²) in [5.41, 5.74) is 3.20. The van der Waals surface area contributed by atoms with Crippen LogP contribution in [-0.2, 0) is 6.42 Å². The number of carbonyl (C=O) groups excluding carboxylic acids is 1. The molecule has 1 aromatic carbocycles. The monoisotopic (exact) mass is 432 g/mol. The van der Waals surface area contributed by atoms with Crippen molar-refractivity contribution < 1.29 is 9.18 Å². The second kappa shape index (κ2) is 8.97. The second-order valence-electron chi connectivity index (χ2n) is 7.46. The highest BCUT2D eigenvalue weighted by Gasteiger charge is 2.19. The van der Waals surface area contributed by atoms with Crippen LogP contribution in [0.5, 0.6) is 0 Å². The molecule has 0 bridgehead atoms. The number of hydrogen-bond donors (Lipinski definition) is 2. The van der Waals surface area contributed by atoms with E-state index < -0.39 is 11.7 Å². The largest absolute Gasteiger partial charge is 0.369 e. The van der Waals surface area contributed by atoms with Gasteiger partial charge in [0.15, 0.2) is 5.65 Å². The van der Waals surface area contributed by atoms with E-state index in [-0.39, 0.29) is 18.0 Å². The number of nitrogens with zero attached hydrogens (tertiary/aromatic N) is 4. The molecular weight excluding hydrogens is 407 g/mol. The maximum Gasteiger partial charge on any atom is 0.259 e. The van der Waals surface area contributed by atoms with E-state index >= 15 is 0 Å². The molecule has 1 atom stereocenters. The van der Waals surface area contributed by atoms with Crippen LogP contribution in [0.2, 0.25) is 0 Å². The Hall–Kier alpha value is -2.71. The molecule has 30 heavy (non-hydrogen) atoms. The first kappa shape index (κ1) is 22.0. The van der Waals surface area contributed by atoms with Crippen molar-refractivity contribution in [3.8, 4) is 0 Å². The minimum Gasteiger partial charge on any atom is -0.369 e. The molecule has 0 saturated carbocycles. The van der Waals surface area contributed by atoms with E-state index in [0.29, 0.717) is 18.3 Å². The number of anilines is 2. The van der Waals surface area contributed by atoms with Crippen molar-refractivity contribution in [1.29, 1.82) is 0 Å². The number of fused-ring (bicyclic) bond motifs is 1. The Morgan fingerprint density at radius 1 is 1.33 bits per heavy atom. The van der Waals surface area contributed by atoms with Crippen molar-refractivity contribution in [3.05, 3.63) is 53.4 Å². The van der Waals surface area contributed by atoms with Gasteiger partial charge in [-0.2, -0.15) is 0 Å². The van der Waals surface area contributed by atoms with Gasteiger partial charge in [0.2, 0.25) is 0 Å². The van der Waals surface area contributed by atoms with Crippen LogP contribution >= 0.6 is 12.4 Å². The van der Waals surface area contributed by atoms with E-state index in [1.54, 1.807) is 12.3 Å². The van der Waals surface area contributed by atoms with Gasteiger partial charge >= 0.3 is 0 Å². The number of amides is 1. The Balaban J connectivity index is 0.00000256. The van der Waals surface area contributed by atoms with Crippen molar-refractivity contribution in [1.82, 2.24) is 19.7 Å². The van der Waals surface area contributed by atoms with Crippen LogP contribution in [-0.4, -0.2) is 46.0 Å². The molecule has 7 nitrogen and oxygen atoms in total. The number of piperazine rings is 1. The highest BCUT2D eigenvalue weighted by Crippen LogP contribution is 2.21. The number of hydrogen-bond acceptors (Lipinski definition) is 5. The minimum absolute atomic E-state index is 0. The summed E-state index contributed by atoms with van der Waals surface area (Å²) >= 11 is 0. The van der Waals surface area contributed by atoms with Crippen molar-refractivity contribution in [2.75, 3.05) is 29.9 Å². The first-order valence-corrected chi connectivity index (χ1v) is 9.89. The van der Waals surface area contributed by atoms with E-state index in [4.69, 9.17) is 0 Å². The molecule has 160 valence electrons. The molecule has 1 aliphatic rings. The lowest BCUT2D eigenvalue weighted by Crippen LogP contribution is -2.49. The smallest absolute Gasteiger partial charge is 0.259 e. The average molecular weight is 433 g/mol. The van der Waals surface area contributed by atoms with Gasteiger partial charge < -0.3 is 19.9 Å². The molecule has 9 heteroatoms. The highest BCUT2D eigenvalue weighted by molar-refractivity contribution is 6.04. The molecule has 0 spiro atoms. The van der Waals surface area contributed by atoms with Crippen LogP contribution < -0.4 is 15.5 Å². The van der Waals surface area contributed by atoms with Crippen molar-refractivity contribution in [3.63, 3.8) is 0 Å². The van der Waals surface area contributed by atoms with Crippen molar-refractivity contribution in [2.45, 2.75) is 33.2 Å². The lowest BCUT2D eigenvalue weighted by Gasteiger charge is -2.33. The molecule has 1 saturated heterocycles. The molecule has 0 unspecified atom stereocenters. The fourth-order valence-electron chi connectivity index (χ4n) is 3.72. The molecule has 1 aliphatic heterocycles. The average Bonchev–Trinajstić information content (AvgIpc) is 3.07. The van der Waals surface area contributed by atoms with Gasteiger partial charge in [-0.05, 0) is 38.5 Å². The highest BCUT2D eigenvalue weighted by atomic mass is 35.5. The van der Waals surface area contributed by atoms with Crippen LogP contribution in [0.25, 0.3) is 5.65 Å². The van der Waals surface area contributed by atoms with E-state index in [9.17, 15) is 9.18 Å². The summed E-state index contributed by atoms with van der Waals surface area (Å²) in [6.45, 7) is 8.45. The molecule has 3 aromatic rings. The number of rotatable bonds is 4. The number of nitrogens with one attached hydrogen (secondary N) is 2. The number of aryl methyl sites for hydroxylation is 2. The third-order valence-electron chi connectivity index (χ3n) is 5.14. The van der Waals surface area contributed by atoms with Crippen LogP contribution in [0.1, 0.15) is 35.6 Å². The van der Waals surface area contributed by atoms with Crippen LogP contribution in [0.4, 0.5) is 15.9 Å². The molecule has 0 radical (unpaired) electrons. The first-order valence-electron chi connectivity index (χ1n) is 9.89. The Labute approximate surface area is 181 Å². The third kappa shape index (κ3) is 4.39. The quantitative estimate of drug-likeness (QED) is 0.662. The predicted molar refractivity (Wildman–Crippen MR) is 118 cm³/mol. The molecule has 1 amide bonds. The summed E-state index contributed by atoms with van der Waals surface area (Å²) in [6, 6.07) is 5.10. The molecular formula is C21H26ClFN6O. The van der Waals surface area contributed by atoms with Crippen molar-refractivity contribution in [2.24, 2.45) is 0 Å². The number of halogens is 2. The van der Waals surface area contributed by atoms with Crippen molar-refractivity contribution >= 4 is 35.5 Å². The standard InChI is InChI=1S/C21H25FN6O.ClH/c1-4-18-20-24-14(3)11-28(20)12-19(25-18)26-21(29)16-6-5-15(9-17(16)22)27-8-7-23-13(2)10-27;/h5-6,9,11-13,23H,4,7-8,10H2,1-3H3,(H,26,29);1H/t13-;/m1./s1. The maximum atomic E-state index is 14.7. The van der Waals surface area contributed by atoms with Crippen LogP contribution in [0.15, 0.2) is 30.6 Å². The Bertz CT molecular complexity index is 1070. The molecule has 2 N–H and O–H groups in total. The summed E-state index contributed by atoms with van der Waals surface area (Å²) in [6.07, 6.45) is 4.24. The molecule has 1 fully saturated rings. The number of aromatic nitrogens is 3. The number of benzene rings is 1. The second-order valence-corrected chi connectivity index (χ2v) is 7.46.